The maximum Gasteiger partial charge on any atom is 0.271 e. The molecule has 0 spiro atoms. The van der Waals surface area contributed by atoms with E-state index in [1.54, 1.807) is 0 Å². The number of nitrogen functional groups attached to an aromatic ring is 1. The van der Waals surface area contributed by atoms with Gasteiger partial charge in [0.05, 0.1) is 11.9 Å². The van der Waals surface area contributed by atoms with Crippen LogP contribution < -0.4 is 11.5 Å². The first-order chi connectivity index (χ1) is 8.29. The number of aromatic nitrogens is 4. The zero-order valence-electron chi connectivity index (χ0n) is 10.3. The summed E-state index contributed by atoms with van der Waals surface area (Å²) >= 11 is 1.19. The number of carbonyl (C=O) groups is 1. The van der Waals surface area contributed by atoms with Gasteiger partial charge < -0.3 is 11.5 Å². The average Bonchev–Trinajstić information content (AvgIpc) is 2.81. The van der Waals surface area contributed by atoms with Crippen molar-refractivity contribution in [1.29, 1.82) is 0 Å². The molecule has 8 heteroatoms. The van der Waals surface area contributed by atoms with Crippen LogP contribution in [-0.4, -0.2) is 25.0 Å². The maximum absolute atomic E-state index is 11.1. The summed E-state index contributed by atoms with van der Waals surface area (Å²) in [6.45, 7) is 6.06. The van der Waals surface area contributed by atoms with Gasteiger partial charge in [0.1, 0.15) is 5.82 Å². The Morgan fingerprint density at radius 1 is 1.44 bits per heavy atom. The molecule has 0 saturated heterocycles. The second-order valence-electron chi connectivity index (χ2n) is 4.89. The van der Waals surface area contributed by atoms with E-state index in [0.717, 1.165) is 5.82 Å². The number of hydrogen-bond acceptors (Lipinski definition) is 6. The molecule has 18 heavy (non-hydrogen) atoms. The Morgan fingerprint density at radius 2 is 2.11 bits per heavy atom. The first kappa shape index (κ1) is 12.5. The van der Waals surface area contributed by atoms with Gasteiger partial charge in [-0.1, -0.05) is 20.8 Å². The molecule has 2 aromatic rings. The van der Waals surface area contributed by atoms with E-state index in [1.807, 2.05) is 20.8 Å². The largest absolute Gasteiger partial charge is 0.396 e. The fourth-order valence-corrected chi connectivity index (χ4v) is 2.08. The maximum atomic E-state index is 11.1. The van der Waals surface area contributed by atoms with Crippen molar-refractivity contribution >= 4 is 23.1 Å². The van der Waals surface area contributed by atoms with Gasteiger partial charge in [0.25, 0.3) is 5.91 Å². The molecule has 7 nitrogen and oxygen atoms in total. The molecule has 2 aromatic heterocycles. The molecule has 0 atom stereocenters. The first-order valence-electron chi connectivity index (χ1n) is 5.28. The van der Waals surface area contributed by atoms with Crippen molar-refractivity contribution in [2.45, 2.75) is 26.2 Å². The lowest BCUT2D eigenvalue weighted by Crippen LogP contribution is -2.14. The normalized spacial score (nSPS) is 11.7. The van der Waals surface area contributed by atoms with Crippen molar-refractivity contribution in [3.63, 3.8) is 0 Å². The smallest absolute Gasteiger partial charge is 0.271 e. The Balaban J connectivity index is 2.41. The second-order valence-corrected chi connectivity index (χ2v) is 5.62. The summed E-state index contributed by atoms with van der Waals surface area (Å²) in [5.41, 5.74) is 10.9. The van der Waals surface area contributed by atoms with Crippen molar-refractivity contribution < 1.29 is 4.79 Å². The van der Waals surface area contributed by atoms with Crippen LogP contribution in [0.4, 0.5) is 5.69 Å². The predicted molar refractivity (Wildman–Crippen MR) is 68.7 cm³/mol. The third-order valence-corrected chi connectivity index (χ3v) is 2.96. The number of primary amides is 1. The van der Waals surface area contributed by atoms with Crippen molar-refractivity contribution in [1.82, 2.24) is 19.1 Å². The van der Waals surface area contributed by atoms with Gasteiger partial charge >= 0.3 is 0 Å². The molecule has 0 aliphatic rings. The lowest BCUT2D eigenvalue weighted by molar-refractivity contribution is 0.0996. The molecular formula is C10H14N6OS. The van der Waals surface area contributed by atoms with Crippen molar-refractivity contribution in [3.05, 3.63) is 17.7 Å². The monoisotopic (exact) mass is 266 g/mol. The third-order valence-electron chi connectivity index (χ3n) is 2.26. The zero-order valence-corrected chi connectivity index (χ0v) is 11.2. The molecule has 4 N–H and O–H groups in total. The van der Waals surface area contributed by atoms with Crippen LogP contribution >= 0.6 is 11.5 Å². The van der Waals surface area contributed by atoms with E-state index in [9.17, 15) is 4.79 Å². The Kier molecular flexibility index (Phi) is 2.81. The predicted octanol–water partition coefficient (Wildman–Crippen LogP) is 0.702. The Morgan fingerprint density at radius 3 is 2.56 bits per heavy atom. The molecule has 0 aliphatic heterocycles. The SMILES string of the molecule is CC(C)(C)c1nsc(-n2cc(N)c(C(N)=O)n2)n1. The number of anilines is 1. The van der Waals surface area contributed by atoms with E-state index in [1.165, 1.54) is 22.4 Å². The minimum absolute atomic E-state index is 0.0440. The Hall–Kier alpha value is -1.96. The van der Waals surface area contributed by atoms with Gasteiger partial charge in [0, 0.05) is 16.9 Å². The minimum Gasteiger partial charge on any atom is -0.396 e. The lowest BCUT2D eigenvalue weighted by atomic mass is 9.96. The summed E-state index contributed by atoms with van der Waals surface area (Å²) in [5, 5.41) is 4.55. The van der Waals surface area contributed by atoms with Crippen molar-refractivity contribution in [2.24, 2.45) is 5.73 Å². The fourth-order valence-electron chi connectivity index (χ4n) is 1.29. The highest BCUT2D eigenvalue weighted by Crippen LogP contribution is 2.23. The molecule has 2 rings (SSSR count). The summed E-state index contributed by atoms with van der Waals surface area (Å²) in [4.78, 5) is 15.4. The van der Waals surface area contributed by atoms with Crippen LogP contribution in [0.5, 0.6) is 0 Å². The number of rotatable bonds is 2. The highest BCUT2D eigenvalue weighted by molar-refractivity contribution is 7.08. The molecule has 0 unspecified atom stereocenters. The van der Waals surface area contributed by atoms with Gasteiger partial charge in [-0.05, 0) is 0 Å². The van der Waals surface area contributed by atoms with E-state index in [0.29, 0.717) is 5.13 Å². The van der Waals surface area contributed by atoms with Gasteiger partial charge in [-0.3, -0.25) is 4.79 Å². The highest BCUT2D eigenvalue weighted by atomic mass is 32.1. The van der Waals surface area contributed by atoms with Gasteiger partial charge in [-0.25, -0.2) is 9.67 Å². The molecule has 96 valence electrons. The highest BCUT2D eigenvalue weighted by Gasteiger charge is 2.21. The van der Waals surface area contributed by atoms with Crippen molar-refractivity contribution in [3.8, 4) is 5.13 Å². The first-order valence-corrected chi connectivity index (χ1v) is 6.06. The second kappa shape index (κ2) is 4.05. The molecule has 0 aliphatic carbocycles. The molecule has 0 bridgehead atoms. The number of amides is 1. The number of nitrogens with two attached hydrogens (primary N) is 2. The summed E-state index contributed by atoms with van der Waals surface area (Å²) in [6.07, 6.45) is 1.51. The van der Waals surface area contributed by atoms with Crippen LogP contribution in [0.15, 0.2) is 6.20 Å². The van der Waals surface area contributed by atoms with Crippen LogP contribution in [0.2, 0.25) is 0 Å². The molecule has 2 heterocycles. The quantitative estimate of drug-likeness (QED) is 0.830. The summed E-state index contributed by atoms with van der Waals surface area (Å²) in [7, 11) is 0. The van der Waals surface area contributed by atoms with E-state index < -0.39 is 5.91 Å². The van der Waals surface area contributed by atoms with Crippen LogP contribution in [0.1, 0.15) is 37.1 Å². The van der Waals surface area contributed by atoms with Crippen LogP contribution in [-0.2, 0) is 5.41 Å². The van der Waals surface area contributed by atoms with Gasteiger partial charge in [-0.2, -0.15) is 9.47 Å². The summed E-state index contributed by atoms with van der Waals surface area (Å²) in [5.74, 6) is 0.0593. The molecule has 0 radical (unpaired) electrons. The average molecular weight is 266 g/mol. The Bertz CT molecular complexity index is 594. The molecule has 0 aromatic carbocycles. The summed E-state index contributed by atoms with van der Waals surface area (Å²) in [6, 6.07) is 0. The van der Waals surface area contributed by atoms with Crippen molar-refractivity contribution in [2.75, 3.05) is 5.73 Å². The zero-order chi connectivity index (χ0) is 13.5. The molecule has 0 fully saturated rings. The van der Waals surface area contributed by atoms with E-state index in [4.69, 9.17) is 11.5 Å². The Labute approximate surface area is 108 Å². The standard InChI is InChI=1S/C10H14N6OS/c1-10(2,3)8-13-9(18-15-8)16-4-5(11)6(14-16)7(12)17/h4H,11H2,1-3H3,(H2,12,17). The van der Waals surface area contributed by atoms with Gasteiger partial charge in [0.15, 0.2) is 5.69 Å². The minimum atomic E-state index is -0.660. The fraction of sp³-hybridized carbons (Fsp3) is 0.400. The van der Waals surface area contributed by atoms with Crippen LogP contribution in [0, 0.1) is 0 Å². The lowest BCUT2D eigenvalue weighted by Gasteiger charge is -2.11. The van der Waals surface area contributed by atoms with Crippen LogP contribution in [0.3, 0.4) is 0 Å². The molecular weight excluding hydrogens is 252 g/mol. The molecule has 1 amide bonds. The van der Waals surface area contributed by atoms with Gasteiger partial charge in [-0.15, -0.1) is 0 Å². The topological polar surface area (TPSA) is 113 Å². The molecule has 0 saturated carbocycles. The van der Waals surface area contributed by atoms with E-state index in [-0.39, 0.29) is 16.8 Å². The number of carbonyl (C=O) groups excluding carboxylic acids is 1. The third kappa shape index (κ3) is 2.19. The van der Waals surface area contributed by atoms with E-state index >= 15 is 0 Å². The number of nitrogens with zero attached hydrogens (tertiary/aromatic N) is 4. The number of hydrogen-bond donors (Lipinski definition) is 2. The van der Waals surface area contributed by atoms with E-state index in [2.05, 4.69) is 14.5 Å². The summed E-state index contributed by atoms with van der Waals surface area (Å²) < 4.78 is 5.68. The van der Waals surface area contributed by atoms with Gasteiger partial charge in [0.2, 0.25) is 5.13 Å². The van der Waals surface area contributed by atoms with Crippen LogP contribution in [0.25, 0.3) is 5.13 Å².